The van der Waals surface area contributed by atoms with Gasteiger partial charge in [-0.3, -0.25) is 4.21 Å². The van der Waals surface area contributed by atoms with Crippen molar-refractivity contribution in [2.75, 3.05) is 5.75 Å². The van der Waals surface area contributed by atoms with E-state index in [0.717, 1.165) is 11.3 Å². The lowest BCUT2D eigenvalue weighted by Crippen LogP contribution is -2.02. The van der Waals surface area contributed by atoms with Gasteiger partial charge in [-0.25, -0.2) is 0 Å². The van der Waals surface area contributed by atoms with E-state index in [9.17, 15) is 4.21 Å². The summed E-state index contributed by atoms with van der Waals surface area (Å²) in [6.07, 6.45) is 1.10. The van der Waals surface area contributed by atoms with Gasteiger partial charge in [0, 0.05) is 10.6 Å². The molecular formula is C12H18OS. The molecule has 0 amide bonds. The smallest absolute Gasteiger partial charge is 0.0529 e. The van der Waals surface area contributed by atoms with Crippen molar-refractivity contribution < 1.29 is 4.21 Å². The quantitative estimate of drug-likeness (QED) is 0.745. The molecule has 1 aromatic rings. The SMILES string of the molecule is CCC(C)c1ccccc1S(=O)CC. The van der Waals surface area contributed by atoms with Crippen LogP contribution < -0.4 is 0 Å². The van der Waals surface area contributed by atoms with E-state index in [1.54, 1.807) is 0 Å². The third-order valence-corrected chi connectivity index (χ3v) is 3.96. The monoisotopic (exact) mass is 210 g/mol. The summed E-state index contributed by atoms with van der Waals surface area (Å²) in [7, 11) is -0.824. The van der Waals surface area contributed by atoms with Crippen LogP contribution in [0, 0.1) is 0 Å². The maximum atomic E-state index is 11.8. The fraction of sp³-hybridized carbons (Fsp3) is 0.500. The summed E-state index contributed by atoms with van der Waals surface area (Å²) in [4.78, 5) is 1.02. The lowest BCUT2D eigenvalue weighted by atomic mass is 9.99. The van der Waals surface area contributed by atoms with E-state index >= 15 is 0 Å². The minimum Gasteiger partial charge on any atom is -0.254 e. The van der Waals surface area contributed by atoms with Crippen molar-refractivity contribution in [1.82, 2.24) is 0 Å². The average Bonchev–Trinajstić information content (AvgIpc) is 2.27. The normalized spacial score (nSPS) is 15.1. The molecule has 0 heterocycles. The molecule has 0 aliphatic heterocycles. The molecule has 0 saturated heterocycles. The highest BCUT2D eigenvalue weighted by Gasteiger charge is 2.11. The molecule has 0 spiro atoms. The van der Waals surface area contributed by atoms with E-state index in [0.29, 0.717) is 11.7 Å². The van der Waals surface area contributed by atoms with Gasteiger partial charge in [0.25, 0.3) is 0 Å². The van der Waals surface area contributed by atoms with Gasteiger partial charge in [0.1, 0.15) is 0 Å². The van der Waals surface area contributed by atoms with Crippen LogP contribution in [0.4, 0.5) is 0 Å². The predicted molar refractivity (Wildman–Crippen MR) is 62.1 cm³/mol. The summed E-state index contributed by atoms with van der Waals surface area (Å²) in [6, 6.07) is 8.07. The van der Waals surface area contributed by atoms with E-state index in [1.807, 2.05) is 25.1 Å². The van der Waals surface area contributed by atoms with Crippen LogP contribution in [0.1, 0.15) is 38.7 Å². The summed E-state index contributed by atoms with van der Waals surface area (Å²) >= 11 is 0. The van der Waals surface area contributed by atoms with Crippen molar-refractivity contribution in [3.8, 4) is 0 Å². The fourth-order valence-corrected chi connectivity index (χ4v) is 2.54. The lowest BCUT2D eigenvalue weighted by molar-refractivity contribution is 0.676. The highest BCUT2D eigenvalue weighted by Crippen LogP contribution is 2.24. The molecule has 0 fully saturated rings. The number of hydrogen-bond acceptors (Lipinski definition) is 1. The molecule has 1 nitrogen and oxygen atoms in total. The largest absolute Gasteiger partial charge is 0.254 e. The zero-order chi connectivity index (χ0) is 10.6. The number of hydrogen-bond donors (Lipinski definition) is 0. The Bertz CT molecular complexity index is 320. The van der Waals surface area contributed by atoms with E-state index in [-0.39, 0.29) is 0 Å². The Balaban J connectivity index is 3.09. The van der Waals surface area contributed by atoms with Crippen LogP contribution in [0.2, 0.25) is 0 Å². The third kappa shape index (κ3) is 2.44. The molecule has 0 aromatic heterocycles. The van der Waals surface area contributed by atoms with Gasteiger partial charge in [0.05, 0.1) is 10.8 Å². The van der Waals surface area contributed by atoms with E-state index < -0.39 is 10.8 Å². The van der Waals surface area contributed by atoms with Gasteiger partial charge in [-0.2, -0.15) is 0 Å². The Hall–Kier alpha value is -0.630. The Morgan fingerprint density at radius 3 is 2.50 bits per heavy atom. The van der Waals surface area contributed by atoms with Crippen LogP contribution in [-0.4, -0.2) is 9.96 Å². The van der Waals surface area contributed by atoms with Gasteiger partial charge in [-0.1, -0.05) is 39.0 Å². The zero-order valence-corrected chi connectivity index (χ0v) is 9.93. The minimum atomic E-state index is -0.824. The number of benzene rings is 1. The van der Waals surface area contributed by atoms with Gasteiger partial charge in [-0.05, 0) is 24.0 Å². The lowest BCUT2D eigenvalue weighted by Gasteiger charge is -2.13. The highest BCUT2D eigenvalue weighted by atomic mass is 32.2. The molecule has 1 aromatic carbocycles. The average molecular weight is 210 g/mol. The fourth-order valence-electron chi connectivity index (χ4n) is 1.47. The van der Waals surface area contributed by atoms with E-state index in [4.69, 9.17) is 0 Å². The summed E-state index contributed by atoms with van der Waals surface area (Å²) in [5, 5.41) is 0. The molecule has 0 saturated carbocycles. The van der Waals surface area contributed by atoms with Crippen molar-refractivity contribution in [3.63, 3.8) is 0 Å². The van der Waals surface area contributed by atoms with Gasteiger partial charge in [0.2, 0.25) is 0 Å². The highest BCUT2D eigenvalue weighted by molar-refractivity contribution is 7.85. The van der Waals surface area contributed by atoms with Gasteiger partial charge >= 0.3 is 0 Å². The topological polar surface area (TPSA) is 17.1 Å². The Morgan fingerprint density at radius 2 is 1.93 bits per heavy atom. The van der Waals surface area contributed by atoms with Crippen molar-refractivity contribution in [2.45, 2.75) is 38.0 Å². The molecule has 1 rings (SSSR count). The Labute approximate surface area is 89.0 Å². The molecule has 0 aliphatic rings. The minimum absolute atomic E-state index is 0.502. The summed E-state index contributed by atoms with van der Waals surface area (Å²) < 4.78 is 11.8. The molecule has 0 N–H and O–H groups in total. The summed E-state index contributed by atoms with van der Waals surface area (Å²) in [5.41, 5.74) is 1.25. The van der Waals surface area contributed by atoms with Crippen LogP contribution in [0.15, 0.2) is 29.2 Å². The first kappa shape index (κ1) is 11.4. The molecule has 2 atom stereocenters. The zero-order valence-electron chi connectivity index (χ0n) is 9.12. The Kier molecular flexibility index (Phi) is 4.33. The predicted octanol–water partition coefficient (Wildman–Crippen LogP) is 3.33. The second kappa shape index (κ2) is 5.30. The first-order valence-electron chi connectivity index (χ1n) is 5.18. The van der Waals surface area contributed by atoms with E-state index in [1.165, 1.54) is 5.56 Å². The third-order valence-electron chi connectivity index (χ3n) is 2.57. The van der Waals surface area contributed by atoms with Crippen molar-refractivity contribution >= 4 is 10.8 Å². The molecule has 0 bridgehead atoms. The first-order valence-corrected chi connectivity index (χ1v) is 6.49. The Morgan fingerprint density at radius 1 is 1.29 bits per heavy atom. The van der Waals surface area contributed by atoms with Crippen molar-refractivity contribution in [1.29, 1.82) is 0 Å². The maximum Gasteiger partial charge on any atom is 0.0529 e. The van der Waals surface area contributed by atoms with Crippen LogP contribution in [-0.2, 0) is 10.8 Å². The molecular weight excluding hydrogens is 192 g/mol. The standard InChI is InChI=1S/C12H18OS/c1-4-10(3)11-8-6-7-9-12(11)14(13)5-2/h6-10H,4-5H2,1-3H3. The second-order valence-electron chi connectivity index (χ2n) is 3.48. The maximum absolute atomic E-state index is 11.8. The van der Waals surface area contributed by atoms with Crippen LogP contribution >= 0.6 is 0 Å². The number of rotatable bonds is 4. The van der Waals surface area contributed by atoms with Gasteiger partial charge in [-0.15, -0.1) is 0 Å². The summed E-state index contributed by atoms with van der Waals surface area (Å²) in [6.45, 7) is 6.31. The van der Waals surface area contributed by atoms with Crippen molar-refractivity contribution in [3.05, 3.63) is 29.8 Å². The molecule has 78 valence electrons. The molecule has 2 heteroatoms. The molecule has 2 unspecified atom stereocenters. The second-order valence-corrected chi connectivity index (χ2v) is 5.19. The van der Waals surface area contributed by atoms with Crippen LogP contribution in [0.5, 0.6) is 0 Å². The first-order chi connectivity index (χ1) is 6.70. The van der Waals surface area contributed by atoms with Crippen molar-refractivity contribution in [2.24, 2.45) is 0 Å². The van der Waals surface area contributed by atoms with Gasteiger partial charge < -0.3 is 0 Å². The summed E-state index contributed by atoms with van der Waals surface area (Å²) in [5.74, 6) is 1.20. The molecule has 0 radical (unpaired) electrons. The molecule has 14 heavy (non-hydrogen) atoms. The van der Waals surface area contributed by atoms with Gasteiger partial charge in [0.15, 0.2) is 0 Å². The molecule has 0 aliphatic carbocycles. The van der Waals surface area contributed by atoms with Crippen LogP contribution in [0.25, 0.3) is 0 Å². The van der Waals surface area contributed by atoms with E-state index in [2.05, 4.69) is 19.9 Å². The van der Waals surface area contributed by atoms with Crippen LogP contribution in [0.3, 0.4) is 0 Å².